The SMILES string of the molecule is CCC(SC1=Nc2ccccc2C2=NC(=O)C(CCC(=O)NCc3ccco3)N12)C(=O)NC1CCCCC1. The molecule has 2 N–H and O–H groups in total. The Bertz CT molecular complexity index is 1240. The van der Waals surface area contributed by atoms with Gasteiger partial charge in [-0.25, -0.2) is 4.99 Å². The Labute approximate surface area is 226 Å². The molecule has 9 nitrogen and oxygen atoms in total. The summed E-state index contributed by atoms with van der Waals surface area (Å²) in [5.74, 6) is 0.722. The molecular weight excluding hydrogens is 502 g/mol. The van der Waals surface area contributed by atoms with E-state index in [9.17, 15) is 14.4 Å². The first kappa shape index (κ1) is 26.2. The molecule has 1 aromatic heterocycles. The van der Waals surface area contributed by atoms with Crippen LogP contribution in [0.5, 0.6) is 0 Å². The fraction of sp³-hybridized carbons (Fsp3) is 0.464. The Balaban J connectivity index is 1.31. The topological polar surface area (TPSA) is 116 Å². The van der Waals surface area contributed by atoms with Gasteiger partial charge in [0.25, 0.3) is 5.91 Å². The Hall–Kier alpha value is -3.40. The summed E-state index contributed by atoms with van der Waals surface area (Å²) in [4.78, 5) is 49.9. The van der Waals surface area contributed by atoms with Crippen LogP contribution < -0.4 is 10.6 Å². The number of rotatable bonds is 9. The lowest BCUT2D eigenvalue weighted by Crippen LogP contribution is -2.46. The third kappa shape index (κ3) is 5.85. The van der Waals surface area contributed by atoms with Crippen LogP contribution in [0, 0.1) is 0 Å². The smallest absolute Gasteiger partial charge is 0.270 e. The first-order chi connectivity index (χ1) is 18.5. The molecule has 0 radical (unpaired) electrons. The molecule has 0 bridgehead atoms. The van der Waals surface area contributed by atoms with Crippen molar-refractivity contribution in [3.05, 3.63) is 54.0 Å². The number of hydrogen-bond donors (Lipinski definition) is 2. The molecule has 3 heterocycles. The van der Waals surface area contributed by atoms with Gasteiger partial charge >= 0.3 is 0 Å². The Morgan fingerprint density at radius 2 is 1.95 bits per heavy atom. The molecular formula is C28H33N5O4S. The van der Waals surface area contributed by atoms with Crippen LogP contribution in [0.4, 0.5) is 5.69 Å². The highest BCUT2D eigenvalue weighted by Gasteiger charge is 2.42. The van der Waals surface area contributed by atoms with Gasteiger partial charge in [-0.1, -0.05) is 50.1 Å². The number of amides is 3. The molecule has 1 fully saturated rings. The van der Waals surface area contributed by atoms with Crippen molar-refractivity contribution in [1.29, 1.82) is 0 Å². The first-order valence-corrected chi connectivity index (χ1v) is 14.3. The quantitative estimate of drug-likeness (QED) is 0.495. The molecule has 2 atom stereocenters. The highest BCUT2D eigenvalue weighted by Crippen LogP contribution is 2.36. The predicted octanol–water partition coefficient (Wildman–Crippen LogP) is 4.30. The van der Waals surface area contributed by atoms with E-state index in [4.69, 9.17) is 9.41 Å². The van der Waals surface area contributed by atoms with Crippen LogP contribution in [0.15, 0.2) is 57.1 Å². The highest BCUT2D eigenvalue weighted by atomic mass is 32.2. The van der Waals surface area contributed by atoms with Gasteiger partial charge in [-0.15, -0.1) is 0 Å². The summed E-state index contributed by atoms with van der Waals surface area (Å²) in [5, 5.41) is 6.28. The lowest BCUT2D eigenvalue weighted by molar-refractivity contribution is -0.123. The van der Waals surface area contributed by atoms with Crippen molar-refractivity contribution in [3.8, 4) is 0 Å². The second-order valence-corrected chi connectivity index (χ2v) is 11.0. The molecule has 1 saturated carbocycles. The van der Waals surface area contributed by atoms with Gasteiger partial charge in [-0.05, 0) is 49.9 Å². The van der Waals surface area contributed by atoms with E-state index >= 15 is 0 Å². The van der Waals surface area contributed by atoms with Crippen molar-refractivity contribution < 1.29 is 18.8 Å². The number of aliphatic imine (C=N–C) groups is 2. The largest absolute Gasteiger partial charge is 0.467 e. The number of carbonyl (C=O) groups excluding carboxylic acids is 3. The number of benzene rings is 1. The van der Waals surface area contributed by atoms with Crippen molar-refractivity contribution in [3.63, 3.8) is 0 Å². The zero-order valence-electron chi connectivity index (χ0n) is 21.5. The summed E-state index contributed by atoms with van der Waals surface area (Å²) in [6.07, 6.45) is 8.15. The first-order valence-electron chi connectivity index (χ1n) is 13.4. The van der Waals surface area contributed by atoms with Crippen LogP contribution in [0.3, 0.4) is 0 Å². The van der Waals surface area contributed by atoms with Gasteiger partial charge in [0.1, 0.15) is 17.6 Å². The molecule has 1 aromatic carbocycles. The summed E-state index contributed by atoms with van der Waals surface area (Å²) < 4.78 is 5.27. The van der Waals surface area contributed by atoms with E-state index in [-0.39, 0.29) is 41.9 Å². The Morgan fingerprint density at radius 3 is 2.71 bits per heavy atom. The van der Waals surface area contributed by atoms with E-state index in [0.717, 1.165) is 36.9 Å². The third-order valence-corrected chi connectivity index (χ3v) is 8.49. The standard InChI is InChI=1S/C28H33N5O4S/c1-2-23(27(36)30-18-9-4-3-5-10-18)38-28-31-21-13-7-6-12-20(21)25-32-26(35)22(33(25)28)14-15-24(34)29-17-19-11-8-16-37-19/h6-8,11-13,16,18,22-23H,2-5,9-10,14-15,17H2,1H3,(H,29,34)(H,30,36). The fourth-order valence-corrected chi connectivity index (χ4v) is 6.18. The molecule has 38 heavy (non-hydrogen) atoms. The van der Waals surface area contributed by atoms with Gasteiger partial charge in [-0.3, -0.25) is 19.3 Å². The minimum absolute atomic E-state index is 0.00354. The second kappa shape index (κ2) is 12.0. The maximum atomic E-state index is 13.2. The van der Waals surface area contributed by atoms with E-state index in [1.54, 1.807) is 18.4 Å². The zero-order valence-corrected chi connectivity index (χ0v) is 22.3. The molecule has 5 rings (SSSR count). The lowest BCUT2D eigenvalue weighted by atomic mass is 9.95. The molecule has 2 unspecified atom stereocenters. The molecule has 3 amide bonds. The second-order valence-electron chi connectivity index (χ2n) is 9.82. The van der Waals surface area contributed by atoms with E-state index in [2.05, 4.69) is 15.6 Å². The maximum absolute atomic E-state index is 13.2. The average Bonchev–Trinajstić information content (AvgIpc) is 3.57. The molecule has 0 saturated heterocycles. The minimum Gasteiger partial charge on any atom is -0.467 e. The molecule has 3 aliphatic rings. The number of amidine groups is 2. The summed E-state index contributed by atoms with van der Waals surface area (Å²) in [6.45, 7) is 2.28. The number of para-hydroxylation sites is 1. The molecule has 2 aromatic rings. The number of nitrogens with zero attached hydrogens (tertiary/aromatic N) is 3. The van der Waals surface area contributed by atoms with Crippen molar-refractivity contribution >= 4 is 46.2 Å². The van der Waals surface area contributed by atoms with E-state index in [1.807, 2.05) is 36.1 Å². The minimum atomic E-state index is -0.655. The van der Waals surface area contributed by atoms with Crippen molar-refractivity contribution in [1.82, 2.24) is 15.5 Å². The van der Waals surface area contributed by atoms with Crippen molar-refractivity contribution in [2.75, 3.05) is 0 Å². The number of furan rings is 1. The monoisotopic (exact) mass is 535 g/mol. The van der Waals surface area contributed by atoms with E-state index < -0.39 is 6.04 Å². The molecule has 0 spiro atoms. The Morgan fingerprint density at radius 1 is 1.13 bits per heavy atom. The number of nitrogens with one attached hydrogen (secondary N) is 2. The predicted molar refractivity (Wildman–Crippen MR) is 147 cm³/mol. The zero-order chi connectivity index (χ0) is 26.5. The normalized spacial score (nSPS) is 19.8. The fourth-order valence-electron chi connectivity index (χ4n) is 5.10. The van der Waals surface area contributed by atoms with Gasteiger partial charge in [0.05, 0.1) is 23.7 Å². The van der Waals surface area contributed by atoms with Crippen molar-refractivity contribution in [2.45, 2.75) is 82.2 Å². The summed E-state index contributed by atoms with van der Waals surface area (Å²) in [7, 11) is 0. The van der Waals surface area contributed by atoms with Crippen LogP contribution in [0.2, 0.25) is 0 Å². The van der Waals surface area contributed by atoms with Gasteiger partial charge in [0, 0.05) is 18.0 Å². The third-order valence-electron chi connectivity index (χ3n) is 7.16. The van der Waals surface area contributed by atoms with Gasteiger partial charge in [0.15, 0.2) is 5.17 Å². The lowest BCUT2D eigenvalue weighted by Gasteiger charge is -2.32. The van der Waals surface area contributed by atoms with Crippen LogP contribution >= 0.6 is 11.8 Å². The highest BCUT2D eigenvalue weighted by molar-refractivity contribution is 8.15. The van der Waals surface area contributed by atoms with Crippen LogP contribution in [-0.2, 0) is 20.9 Å². The number of carbonyl (C=O) groups is 3. The molecule has 200 valence electrons. The van der Waals surface area contributed by atoms with Gasteiger partial charge in [-0.2, -0.15) is 4.99 Å². The number of thioether (sulfide) groups is 1. The van der Waals surface area contributed by atoms with Crippen LogP contribution in [0.1, 0.15) is 69.6 Å². The van der Waals surface area contributed by atoms with E-state index in [1.165, 1.54) is 18.2 Å². The van der Waals surface area contributed by atoms with Crippen LogP contribution in [-0.4, -0.2) is 51.0 Å². The Kier molecular flexibility index (Phi) is 8.26. The van der Waals surface area contributed by atoms with Gasteiger partial charge < -0.3 is 15.1 Å². The molecule has 10 heteroatoms. The number of fused-ring (bicyclic) bond motifs is 3. The summed E-state index contributed by atoms with van der Waals surface area (Å²) in [6, 6.07) is 10.7. The van der Waals surface area contributed by atoms with Crippen molar-refractivity contribution in [2.24, 2.45) is 9.98 Å². The average molecular weight is 536 g/mol. The molecule has 2 aliphatic heterocycles. The summed E-state index contributed by atoms with van der Waals surface area (Å²) >= 11 is 1.37. The maximum Gasteiger partial charge on any atom is 0.270 e. The van der Waals surface area contributed by atoms with E-state index in [0.29, 0.717) is 29.7 Å². The van der Waals surface area contributed by atoms with Crippen LogP contribution in [0.25, 0.3) is 0 Å². The molecule has 1 aliphatic carbocycles. The number of hydrogen-bond acceptors (Lipinski definition) is 7. The summed E-state index contributed by atoms with van der Waals surface area (Å²) in [5.41, 5.74) is 1.49. The van der Waals surface area contributed by atoms with Gasteiger partial charge in [0.2, 0.25) is 11.8 Å².